The van der Waals surface area contributed by atoms with Crippen LogP contribution in [0.1, 0.15) is 54.8 Å². The van der Waals surface area contributed by atoms with Crippen LogP contribution in [-0.4, -0.2) is 31.8 Å². The number of aromatic carboxylic acids is 1. The van der Waals surface area contributed by atoms with Crippen molar-refractivity contribution in [3.63, 3.8) is 0 Å². The van der Waals surface area contributed by atoms with E-state index in [-0.39, 0.29) is 11.6 Å². The van der Waals surface area contributed by atoms with Gasteiger partial charge in [0.1, 0.15) is 5.82 Å². The van der Waals surface area contributed by atoms with Crippen LogP contribution in [0, 0.1) is 0 Å². The van der Waals surface area contributed by atoms with Crippen LogP contribution < -0.4 is 0 Å². The lowest BCUT2D eigenvalue weighted by atomic mass is 9.92. The molecular formula is C16H20N2O3. The molecule has 21 heavy (non-hydrogen) atoms. The molecule has 5 heteroatoms. The van der Waals surface area contributed by atoms with Crippen LogP contribution in [0.2, 0.25) is 0 Å². The maximum atomic E-state index is 11.5. The first-order chi connectivity index (χ1) is 10.1. The Labute approximate surface area is 123 Å². The zero-order valence-corrected chi connectivity index (χ0v) is 12.1. The van der Waals surface area contributed by atoms with Crippen molar-refractivity contribution in [1.29, 1.82) is 0 Å². The van der Waals surface area contributed by atoms with E-state index in [1.54, 1.807) is 12.1 Å². The van der Waals surface area contributed by atoms with Crippen molar-refractivity contribution in [2.24, 2.45) is 0 Å². The van der Waals surface area contributed by atoms with E-state index in [1.165, 1.54) is 0 Å². The van der Waals surface area contributed by atoms with Crippen LogP contribution in [0.15, 0.2) is 18.2 Å². The average molecular weight is 288 g/mol. The van der Waals surface area contributed by atoms with Crippen molar-refractivity contribution in [3.8, 4) is 0 Å². The Hall–Kier alpha value is -1.88. The lowest BCUT2D eigenvalue weighted by Gasteiger charge is -2.30. The minimum Gasteiger partial charge on any atom is -0.478 e. The minimum atomic E-state index is -0.949. The summed E-state index contributed by atoms with van der Waals surface area (Å²) in [6, 6.07) is 5.10. The van der Waals surface area contributed by atoms with Crippen LogP contribution in [-0.2, 0) is 6.42 Å². The molecule has 0 amide bonds. The van der Waals surface area contributed by atoms with Crippen LogP contribution in [0.4, 0.5) is 0 Å². The van der Waals surface area contributed by atoms with Crippen molar-refractivity contribution in [2.75, 3.05) is 0 Å². The number of aliphatic hydroxyl groups is 1. The first-order valence-electron chi connectivity index (χ1n) is 7.54. The van der Waals surface area contributed by atoms with Gasteiger partial charge in [0, 0.05) is 6.42 Å². The Balaban J connectivity index is 2.25. The molecule has 1 aromatic heterocycles. The van der Waals surface area contributed by atoms with Gasteiger partial charge in [0.2, 0.25) is 0 Å². The molecule has 3 rings (SSSR count). The summed E-state index contributed by atoms with van der Waals surface area (Å²) in [7, 11) is 0. The Morgan fingerprint density at radius 3 is 2.81 bits per heavy atom. The lowest BCUT2D eigenvalue weighted by molar-refractivity contribution is 0.0689. The SMILES string of the molecule is CCc1nc2cccc(C(=O)O)c2n1C1CCCCC1O. The highest BCUT2D eigenvalue weighted by Crippen LogP contribution is 2.34. The predicted octanol–water partition coefficient (Wildman–Crippen LogP) is 2.77. The van der Waals surface area contributed by atoms with Gasteiger partial charge in [0.25, 0.3) is 0 Å². The number of imidazole rings is 1. The topological polar surface area (TPSA) is 75.3 Å². The molecule has 1 saturated carbocycles. The highest BCUT2D eigenvalue weighted by molar-refractivity contribution is 6.01. The second kappa shape index (κ2) is 5.48. The zero-order valence-electron chi connectivity index (χ0n) is 12.1. The standard InChI is InChI=1S/C16H20N2O3/c1-2-14-17-11-7-5-6-10(16(20)21)15(11)18(14)12-8-3-4-9-13(12)19/h5-7,12-13,19H,2-4,8-9H2,1H3,(H,20,21). The maximum Gasteiger partial charge on any atom is 0.337 e. The third kappa shape index (κ3) is 2.31. The predicted molar refractivity (Wildman–Crippen MR) is 79.6 cm³/mol. The molecule has 5 nitrogen and oxygen atoms in total. The summed E-state index contributed by atoms with van der Waals surface area (Å²) in [5.74, 6) is -0.0978. The van der Waals surface area contributed by atoms with E-state index in [0.29, 0.717) is 11.0 Å². The van der Waals surface area contributed by atoms with Crippen molar-refractivity contribution in [1.82, 2.24) is 9.55 Å². The lowest BCUT2D eigenvalue weighted by Crippen LogP contribution is -2.29. The second-order valence-electron chi connectivity index (χ2n) is 5.65. The summed E-state index contributed by atoms with van der Waals surface area (Å²) in [5.41, 5.74) is 1.61. The van der Waals surface area contributed by atoms with Gasteiger partial charge in [0.05, 0.1) is 28.7 Å². The number of hydrogen-bond acceptors (Lipinski definition) is 3. The highest BCUT2D eigenvalue weighted by atomic mass is 16.4. The van der Waals surface area contributed by atoms with Crippen LogP contribution in [0.25, 0.3) is 11.0 Å². The molecule has 0 aliphatic heterocycles. The third-order valence-electron chi connectivity index (χ3n) is 4.36. The molecule has 2 aromatic rings. The number of benzene rings is 1. The minimum absolute atomic E-state index is 0.0702. The third-order valence-corrected chi connectivity index (χ3v) is 4.36. The molecule has 1 aromatic carbocycles. The molecule has 0 bridgehead atoms. The van der Waals surface area contributed by atoms with E-state index in [0.717, 1.165) is 37.9 Å². The molecule has 1 fully saturated rings. The highest BCUT2D eigenvalue weighted by Gasteiger charge is 2.29. The van der Waals surface area contributed by atoms with Crippen molar-refractivity contribution < 1.29 is 15.0 Å². The van der Waals surface area contributed by atoms with Crippen molar-refractivity contribution in [2.45, 2.75) is 51.2 Å². The molecule has 1 heterocycles. The number of aliphatic hydroxyl groups excluding tert-OH is 1. The van der Waals surface area contributed by atoms with Gasteiger partial charge in [-0.1, -0.05) is 25.8 Å². The van der Waals surface area contributed by atoms with Gasteiger partial charge in [0.15, 0.2) is 0 Å². The van der Waals surface area contributed by atoms with Crippen LogP contribution in [0.3, 0.4) is 0 Å². The van der Waals surface area contributed by atoms with Gasteiger partial charge in [-0.05, 0) is 25.0 Å². The number of aryl methyl sites for hydroxylation is 1. The van der Waals surface area contributed by atoms with Crippen LogP contribution >= 0.6 is 0 Å². The molecule has 1 aliphatic rings. The molecule has 2 atom stereocenters. The molecule has 2 unspecified atom stereocenters. The average Bonchev–Trinajstić information content (AvgIpc) is 2.86. The molecule has 1 aliphatic carbocycles. The monoisotopic (exact) mass is 288 g/mol. The van der Waals surface area contributed by atoms with E-state index >= 15 is 0 Å². The Morgan fingerprint density at radius 1 is 1.38 bits per heavy atom. The fraction of sp³-hybridized carbons (Fsp3) is 0.500. The molecule has 0 saturated heterocycles. The molecular weight excluding hydrogens is 268 g/mol. The number of carboxylic acid groups (broad SMARTS) is 1. The van der Waals surface area contributed by atoms with Gasteiger partial charge in [-0.15, -0.1) is 0 Å². The Kier molecular flexibility index (Phi) is 3.68. The van der Waals surface area contributed by atoms with E-state index in [1.807, 2.05) is 17.6 Å². The van der Waals surface area contributed by atoms with Gasteiger partial charge < -0.3 is 14.8 Å². The molecule has 0 radical (unpaired) electrons. The van der Waals surface area contributed by atoms with Gasteiger partial charge >= 0.3 is 5.97 Å². The maximum absolute atomic E-state index is 11.5. The van der Waals surface area contributed by atoms with Gasteiger partial charge in [-0.25, -0.2) is 9.78 Å². The van der Waals surface area contributed by atoms with E-state index in [4.69, 9.17) is 0 Å². The van der Waals surface area contributed by atoms with Crippen molar-refractivity contribution in [3.05, 3.63) is 29.6 Å². The number of rotatable bonds is 3. The number of carbonyl (C=O) groups is 1. The summed E-state index contributed by atoms with van der Waals surface area (Å²) in [6.07, 6.45) is 4.01. The summed E-state index contributed by atoms with van der Waals surface area (Å²) in [5, 5.41) is 19.8. The summed E-state index contributed by atoms with van der Waals surface area (Å²) in [6.45, 7) is 2.01. The number of fused-ring (bicyclic) bond motifs is 1. The number of nitrogens with zero attached hydrogens (tertiary/aromatic N) is 2. The normalized spacial score (nSPS) is 22.6. The number of hydrogen-bond donors (Lipinski definition) is 2. The number of carboxylic acids is 1. The Morgan fingerprint density at radius 2 is 2.14 bits per heavy atom. The van der Waals surface area contributed by atoms with Crippen molar-refractivity contribution >= 4 is 17.0 Å². The zero-order chi connectivity index (χ0) is 15.0. The van der Waals surface area contributed by atoms with E-state index in [2.05, 4.69) is 4.98 Å². The van der Waals surface area contributed by atoms with E-state index in [9.17, 15) is 15.0 Å². The number of para-hydroxylation sites is 1. The summed E-state index contributed by atoms with van der Waals surface area (Å²) >= 11 is 0. The summed E-state index contributed by atoms with van der Waals surface area (Å²) < 4.78 is 1.97. The number of aromatic nitrogens is 2. The molecule has 2 N–H and O–H groups in total. The Bertz CT molecular complexity index is 677. The van der Waals surface area contributed by atoms with E-state index < -0.39 is 12.1 Å². The quantitative estimate of drug-likeness (QED) is 0.910. The fourth-order valence-electron chi connectivity index (χ4n) is 3.37. The molecule has 112 valence electrons. The fourth-order valence-corrected chi connectivity index (χ4v) is 3.37. The first-order valence-corrected chi connectivity index (χ1v) is 7.54. The van der Waals surface area contributed by atoms with Gasteiger partial charge in [-0.2, -0.15) is 0 Å². The first kappa shape index (κ1) is 14.1. The largest absolute Gasteiger partial charge is 0.478 e. The van der Waals surface area contributed by atoms with Crippen LogP contribution in [0.5, 0.6) is 0 Å². The summed E-state index contributed by atoms with van der Waals surface area (Å²) in [4.78, 5) is 16.1. The smallest absolute Gasteiger partial charge is 0.337 e. The van der Waals surface area contributed by atoms with Gasteiger partial charge in [-0.3, -0.25) is 0 Å². The molecule has 0 spiro atoms. The second-order valence-corrected chi connectivity index (χ2v) is 5.65.